The lowest BCUT2D eigenvalue weighted by molar-refractivity contribution is -0.136. The van der Waals surface area contributed by atoms with Crippen molar-refractivity contribution in [3.8, 4) is 5.75 Å². The fourth-order valence-electron chi connectivity index (χ4n) is 4.94. The largest absolute Gasteiger partial charge is 0.492 e. The van der Waals surface area contributed by atoms with Crippen molar-refractivity contribution in [2.45, 2.75) is 57.3 Å². The summed E-state index contributed by atoms with van der Waals surface area (Å²) in [5.74, 6) is -0.132. The molecule has 2 fully saturated rings. The van der Waals surface area contributed by atoms with Gasteiger partial charge in [0, 0.05) is 49.1 Å². The number of aromatic nitrogens is 2. The number of imide groups is 1. The number of hydrogen-bond acceptors (Lipinski definition) is 7. The molecular weight excluding hydrogens is 422 g/mol. The zero-order valence-corrected chi connectivity index (χ0v) is 18.4. The summed E-state index contributed by atoms with van der Waals surface area (Å²) in [6.07, 6.45) is 9.27. The maximum absolute atomic E-state index is 12.9. The third-order valence-electron chi connectivity index (χ3n) is 6.69. The number of piperidine rings is 2. The Morgan fingerprint density at radius 2 is 1.94 bits per heavy atom. The highest BCUT2D eigenvalue weighted by atomic mass is 16.5. The number of hydrogen-bond donors (Lipinski definition) is 1. The molecule has 9 heteroatoms. The van der Waals surface area contributed by atoms with E-state index in [0.717, 1.165) is 36.4 Å². The Morgan fingerprint density at radius 1 is 1.09 bits per heavy atom. The molecule has 33 heavy (non-hydrogen) atoms. The molecule has 0 saturated carbocycles. The zero-order chi connectivity index (χ0) is 22.8. The van der Waals surface area contributed by atoms with E-state index in [4.69, 9.17) is 4.74 Å². The second-order valence-electron chi connectivity index (χ2n) is 8.90. The Kier molecular flexibility index (Phi) is 6.04. The summed E-state index contributed by atoms with van der Waals surface area (Å²) in [4.78, 5) is 48.7. The monoisotopic (exact) mass is 449 g/mol. The molecule has 2 atom stereocenters. The Labute approximate surface area is 192 Å². The highest BCUT2D eigenvalue weighted by molar-refractivity contribution is 6.05. The van der Waals surface area contributed by atoms with Gasteiger partial charge in [0.15, 0.2) is 0 Å². The van der Waals surface area contributed by atoms with Gasteiger partial charge in [-0.2, -0.15) is 0 Å². The summed E-state index contributed by atoms with van der Waals surface area (Å²) in [6, 6.07) is 5.19. The molecule has 2 unspecified atom stereocenters. The maximum Gasteiger partial charge on any atom is 0.255 e. The normalized spacial score (nSPS) is 23.4. The van der Waals surface area contributed by atoms with Crippen molar-refractivity contribution in [2.75, 3.05) is 13.2 Å². The molecule has 0 aliphatic carbocycles. The van der Waals surface area contributed by atoms with Gasteiger partial charge < -0.3 is 9.64 Å². The highest BCUT2D eigenvalue weighted by Gasteiger charge is 2.39. The van der Waals surface area contributed by atoms with Crippen LogP contribution >= 0.6 is 0 Å². The van der Waals surface area contributed by atoms with Gasteiger partial charge in [0.25, 0.3) is 5.91 Å². The molecule has 2 aromatic rings. The van der Waals surface area contributed by atoms with Crippen LogP contribution in [0.1, 0.15) is 53.6 Å². The van der Waals surface area contributed by atoms with Gasteiger partial charge in [-0.05, 0) is 49.6 Å². The first-order valence-electron chi connectivity index (χ1n) is 11.5. The summed E-state index contributed by atoms with van der Waals surface area (Å²) in [5.41, 5.74) is 2.54. The van der Waals surface area contributed by atoms with Gasteiger partial charge in [0.05, 0.1) is 0 Å². The van der Waals surface area contributed by atoms with Crippen LogP contribution < -0.4 is 10.1 Å². The summed E-state index contributed by atoms with van der Waals surface area (Å²) >= 11 is 0. The van der Waals surface area contributed by atoms with E-state index in [2.05, 4.69) is 20.2 Å². The lowest BCUT2D eigenvalue weighted by atomic mass is 10.0. The fraction of sp³-hybridized carbons (Fsp3) is 0.458. The number of ether oxygens (including phenoxy) is 1. The summed E-state index contributed by atoms with van der Waals surface area (Å²) in [5, 5.41) is 2.33. The van der Waals surface area contributed by atoms with Crippen LogP contribution in [0.2, 0.25) is 0 Å². The Hall–Kier alpha value is -3.33. The molecule has 0 spiro atoms. The molecule has 172 valence electrons. The van der Waals surface area contributed by atoms with E-state index in [1.54, 1.807) is 17.3 Å². The molecule has 0 bridgehead atoms. The van der Waals surface area contributed by atoms with E-state index in [1.807, 2.05) is 24.5 Å². The van der Waals surface area contributed by atoms with Crippen LogP contribution in [0.4, 0.5) is 0 Å². The Balaban J connectivity index is 1.23. The van der Waals surface area contributed by atoms with E-state index in [-0.39, 0.29) is 18.2 Å². The minimum absolute atomic E-state index is 0.172. The Bertz CT molecular complexity index is 1060. The summed E-state index contributed by atoms with van der Waals surface area (Å²) in [6.45, 7) is 2.73. The molecule has 0 radical (unpaired) electrons. The summed E-state index contributed by atoms with van der Waals surface area (Å²) < 4.78 is 6.16. The molecule has 2 saturated heterocycles. The van der Waals surface area contributed by atoms with Crippen LogP contribution in [0.15, 0.2) is 36.9 Å². The van der Waals surface area contributed by atoms with Crippen LogP contribution in [0.5, 0.6) is 5.75 Å². The molecule has 1 aromatic heterocycles. The molecular formula is C24H27N5O4. The van der Waals surface area contributed by atoms with Crippen LogP contribution in [0.25, 0.3) is 0 Å². The van der Waals surface area contributed by atoms with Crippen LogP contribution in [0.3, 0.4) is 0 Å². The molecule has 4 heterocycles. The number of rotatable bonds is 6. The van der Waals surface area contributed by atoms with Crippen LogP contribution in [0, 0.1) is 0 Å². The van der Waals surface area contributed by atoms with Crippen molar-refractivity contribution in [3.63, 3.8) is 0 Å². The first kappa shape index (κ1) is 21.5. The van der Waals surface area contributed by atoms with Gasteiger partial charge in [0.1, 0.15) is 24.7 Å². The minimum atomic E-state index is -0.607. The molecule has 3 aliphatic rings. The number of likely N-dealkylation sites (tertiary alicyclic amines) is 1. The molecule has 5 rings (SSSR count). The number of fused-ring (bicyclic) bond motifs is 1. The number of carbonyl (C=O) groups excluding carboxylic acids is 3. The first-order chi connectivity index (χ1) is 16.1. The zero-order valence-electron chi connectivity index (χ0n) is 18.4. The number of nitrogens with one attached hydrogen (secondary N) is 1. The van der Waals surface area contributed by atoms with Gasteiger partial charge in [-0.1, -0.05) is 6.42 Å². The van der Waals surface area contributed by atoms with E-state index < -0.39 is 11.9 Å². The quantitative estimate of drug-likeness (QED) is 0.669. The topological polar surface area (TPSA) is 105 Å². The average molecular weight is 450 g/mol. The lowest BCUT2D eigenvalue weighted by Gasteiger charge is -2.35. The molecule has 3 amide bonds. The number of benzene rings is 1. The van der Waals surface area contributed by atoms with E-state index >= 15 is 0 Å². The van der Waals surface area contributed by atoms with Crippen molar-refractivity contribution in [1.29, 1.82) is 0 Å². The van der Waals surface area contributed by atoms with Crippen molar-refractivity contribution in [3.05, 3.63) is 53.6 Å². The maximum atomic E-state index is 12.9. The number of amides is 3. The van der Waals surface area contributed by atoms with Gasteiger partial charge in [-0.3, -0.25) is 24.6 Å². The third kappa shape index (κ3) is 4.59. The molecule has 3 aliphatic heterocycles. The lowest BCUT2D eigenvalue weighted by Crippen LogP contribution is -2.52. The van der Waals surface area contributed by atoms with E-state index in [1.165, 1.54) is 12.8 Å². The predicted octanol–water partition coefficient (Wildman–Crippen LogP) is 1.67. The van der Waals surface area contributed by atoms with Crippen molar-refractivity contribution < 1.29 is 19.1 Å². The second kappa shape index (κ2) is 9.27. The van der Waals surface area contributed by atoms with Gasteiger partial charge >= 0.3 is 0 Å². The molecule has 1 aromatic carbocycles. The SMILES string of the molecule is O=C1CCC(N2Cc3cc(OCC4CCCCN4Cc4cncnc4)ccc3C2=O)C(=O)N1. The third-order valence-corrected chi connectivity index (χ3v) is 6.69. The summed E-state index contributed by atoms with van der Waals surface area (Å²) in [7, 11) is 0. The Morgan fingerprint density at radius 3 is 2.76 bits per heavy atom. The van der Waals surface area contributed by atoms with Crippen LogP contribution in [-0.2, 0) is 22.7 Å². The predicted molar refractivity (Wildman–Crippen MR) is 118 cm³/mol. The number of carbonyl (C=O) groups is 3. The van der Waals surface area contributed by atoms with Gasteiger partial charge in [-0.25, -0.2) is 9.97 Å². The van der Waals surface area contributed by atoms with Crippen molar-refractivity contribution >= 4 is 17.7 Å². The molecule has 1 N–H and O–H groups in total. The average Bonchev–Trinajstić information content (AvgIpc) is 3.14. The minimum Gasteiger partial charge on any atom is -0.492 e. The fourth-order valence-corrected chi connectivity index (χ4v) is 4.94. The van der Waals surface area contributed by atoms with Gasteiger partial charge in [0.2, 0.25) is 11.8 Å². The van der Waals surface area contributed by atoms with Crippen molar-refractivity contribution in [1.82, 2.24) is 25.1 Å². The standard InChI is InChI=1S/C24H27N5O4/c30-22-7-6-21(23(31)27-22)29-13-17-9-19(4-5-20(17)24(29)32)33-14-18-3-1-2-8-28(18)12-16-10-25-15-26-11-16/h4-5,9-11,15,18,21H,1-3,6-8,12-14H2,(H,27,30,31). The first-order valence-corrected chi connectivity index (χ1v) is 11.5. The smallest absolute Gasteiger partial charge is 0.255 e. The van der Waals surface area contributed by atoms with Gasteiger partial charge in [-0.15, -0.1) is 0 Å². The van der Waals surface area contributed by atoms with Crippen LogP contribution in [-0.4, -0.2) is 62.7 Å². The van der Waals surface area contributed by atoms with E-state index in [9.17, 15) is 14.4 Å². The van der Waals surface area contributed by atoms with Crippen molar-refractivity contribution in [2.24, 2.45) is 0 Å². The number of nitrogens with zero attached hydrogens (tertiary/aromatic N) is 4. The molecule has 9 nitrogen and oxygen atoms in total. The van der Waals surface area contributed by atoms with E-state index in [0.29, 0.717) is 31.2 Å². The second-order valence-corrected chi connectivity index (χ2v) is 8.90. The highest BCUT2D eigenvalue weighted by Crippen LogP contribution is 2.30.